The number of hydrogen-bond donors (Lipinski definition) is 0. The van der Waals surface area contributed by atoms with E-state index < -0.39 is 12.6 Å². The molecule has 0 fully saturated rings. The number of halogens is 4. The zero-order valence-corrected chi connectivity index (χ0v) is 13.1. The molecule has 1 radical (unpaired) electrons. The van der Waals surface area contributed by atoms with Crippen LogP contribution in [0.3, 0.4) is 0 Å². The number of nitrogens with zero attached hydrogens (tertiary/aromatic N) is 2. The molecule has 0 amide bonds. The van der Waals surface area contributed by atoms with Crippen LogP contribution >= 0.6 is 11.6 Å². The second kappa shape index (κ2) is 7.68. The molecule has 8 heteroatoms. The molecule has 0 saturated heterocycles. The van der Waals surface area contributed by atoms with Crippen molar-refractivity contribution in [3.63, 3.8) is 0 Å². The molecule has 0 aliphatic rings. The van der Waals surface area contributed by atoms with Crippen molar-refractivity contribution in [1.82, 2.24) is 10.2 Å². The van der Waals surface area contributed by atoms with Crippen LogP contribution in [0.2, 0.25) is 5.02 Å². The van der Waals surface area contributed by atoms with E-state index in [-0.39, 0.29) is 13.0 Å². The summed E-state index contributed by atoms with van der Waals surface area (Å²) in [6, 6.07) is 4.91. The molecule has 4 nitrogen and oxygen atoms in total. The minimum absolute atomic E-state index is 0.0105. The number of alkyl halides is 3. The van der Waals surface area contributed by atoms with Crippen molar-refractivity contribution in [2.45, 2.75) is 32.4 Å². The molecule has 2 aromatic rings. The van der Waals surface area contributed by atoms with E-state index in [0.29, 0.717) is 34.5 Å². The third-order valence-electron chi connectivity index (χ3n) is 2.91. The van der Waals surface area contributed by atoms with Gasteiger partial charge in [0, 0.05) is 31.2 Å². The predicted molar refractivity (Wildman–Crippen MR) is 78.4 cm³/mol. The minimum atomic E-state index is -4.16. The predicted octanol–water partition coefficient (Wildman–Crippen LogP) is 4.55. The molecule has 23 heavy (non-hydrogen) atoms. The molecule has 125 valence electrons. The quantitative estimate of drug-likeness (QED) is 0.689. The highest BCUT2D eigenvalue weighted by Crippen LogP contribution is 2.25. The summed E-state index contributed by atoms with van der Waals surface area (Å²) in [7, 11) is 0. The normalized spacial score (nSPS) is 11.7. The molecule has 2 rings (SSSR count). The molecule has 0 atom stereocenters. The van der Waals surface area contributed by atoms with Crippen molar-refractivity contribution in [2.24, 2.45) is 0 Å². The monoisotopic (exact) mass is 347 g/mol. The average Bonchev–Trinajstić information content (AvgIpc) is 2.88. The van der Waals surface area contributed by atoms with Crippen LogP contribution in [0.4, 0.5) is 13.2 Å². The van der Waals surface area contributed by atoms with E-state index in [1.165, 1.54) is 0 Å². The maximum atomic E-state index is 12.1. The van der Waals surface area contributed by atoms with Gasteiger partial charge in [-0.1, -0.05) is 11.6 Å². The Balaban J connectivity index is 1.88. The lowest BCUT2D eigenvalue weighted by Crippen LogP contribution is -2.09. The van der Waals surface area contributed by atoms with Crippen molar-refractivity contribution in [1.29, 1.82) is 0 Å². The molecule has 0 bridgehead atoms. The van der Waals surface area contributed by atoms with E-state index in [9.17, 15) is 13.2 Å². The third-order valence-corrected chi connectivity index (χ3v) is 3.25. The van der Waals surface area contributed by atoms with E-state index in [1.807, 2.05) is 0 Å². The first kappa shape index (κ1) is 17.6. The van der Waals surface area contributed by atoms with E-state index in [4.69, 9.17) is 20.8 Å². The van der Waals surface area contributed by atoms with Crippen LogP contribution in [0.5, 0.6) is 5.75 Å². The van der Waals surface area contributed by atoms with E-state index >= 15 is 0 Å². The van der Waals surface area contributed by atoms with Gasteiger partial charge in [-0.15, -0.1) is 10.2 Å². The maximum Gasteiger partial charge on any atom is 0.389 e. The Morgan fingerprint density at radius 2 is 2.09 bits per heavy atom. The Morgan fingerprint density at radius 3 is 2.74 bits per heavy atom. The Hall–Kier alpha value is -1.76. The summed E-state index contributed by atoms with van der Waals surface area (Å²) in [5, 5.41) is 8.09. The number of hydrogen-bond acceptors (Lipinski definition) is 4. The first-order chi connectivity index (χ1) is 10.8. The van der Waals surface area contributed by atoms with Crippen LogP contribution in [0.15, 0.2) is 22.6 Å². The minimum Gasteiger partial charge on any atom is -0.494 e. The van der Waals surface area contributed by atoms with Crippen LogP contribution in [-0.4, -0.2) is 23.0 Å². The van der Waals surface area contributed by atoms with Crippen LogP contribution in [0.25, 0.3) is 0 Å². The van der Waals surface area contributed by atoms with Crippen LogP contribution in [-0.2, 0) is 6.42 Å². The summed E-state index contributed by atoms with van der Waals surface area (Å²) >= 11 is 6.09. The van der Waals surface area contributed by atoms with Gasteiger partial charge < -0.3 is 9.15 Å². The summed E-state index contributed by atoms with van der Waals surface area (Å²) in [6.45, 7) is 1.68. The van der Waals surface area contributed by atoms with Gasteiger partial charge in [0.25, 0.3) is 0 Å². The van der Waals surface area contributed by atoms with Gasteiger partial charge in [0.1, 0.15) is 5.75 Å². The second-order valence-corrected chi connectivity index (χ2v) is 5.28. The van der Waals surface area contributed by atoms with Gasteiger partial charge in [-0.3, -0.25) is 0 Å². The molecule has 0 N–H and O–H groups in total. The molecule has 0 aliphatic heterocycles. The molecular weight excluding hydrogens is 333 g/mol. The van der Waals surface area contributed by atoms with Crippen molar-refractivity contribution in [3.8, 4) is 5.75 Å². The van der Waals surface area contributed by atoms with E-state index in [1.54, 1.807) is 31.5 Å². The van der Waals surface area contributed by atoms with Crippen LogP contribution < -0.4 is 4.74 Å². The summed E-state index contributed by atoms with van der Waals surface area (Å²) in [4.78, 5) is 0. The van der Waals surface area contributed by atoms with Crippen molar-refractivity contribution < 1.29 is 22.3 Å². The van der Waals surface area contributed by atoms with Crippen molar-refractivity contribution >= 4 is 11.6 Å². The molecule has 1 aromatic heterocycles. The lowest BCUT2D eigenvalue weighted by Gasteiger charge is -2.10. The number of ether oxygens (including phenoxy) is 1. The zero-order chi connectivity index (χ0) is 16.9. The molecule has 0 saturated carbocycles. The Kier molecular flexibility index (Phi) is 5.87. The largest absolute Gasteiger partial charge is 0.494 e. The Bertz CT molecular complexity index is 644. The van der Waals surface area contributed by atoms with Gasteiger partial charge in [0.2, 0.25) is 11.8 Å². The summed E-state index contributed by atoms with van der Waals surface area (Å²) in [6.07, 6.45) is -2.93. The number of benzene rings is 1. The Labute approximate surface area is 136 Å². The molecule has 0 spiro atoms. The van der Waals surface area contributed by atoms with Gasteiger partial charge in [-0.05, 0) is 30.2 Å². The first-order valence-corrected chi connectivity index (χ1v) is 7.32. The van der Waals surface area contributed by atoms with Gasteiger partial charge in [0.15, 0.2) is 0 Å². The van der Waals surface area contributed by atoms with Gasteiger partial charge in [0.05, 0.1) is 6.61 Å². The number of aryl methyl sites for hydroxylation is 1. The standard InChI is InChI=1S/C15H15ClF3N2O2/c1-10-20-21-14(23-10)6-3-11-9-12(4-5-13(11)16)22-8-2-7-15(17,18)19/h3-5,9H,2,6-8H2,1H3. The van der Waals surface area contributed by atoms with Crippen molar-refractivity contribution in [2.75, 3.05) is 6.61 Å². The van der Waals surface area contributed by atoms with Crippen molar-refractivity contribution in [3.05, 3.63) is 47.0 Å². The highest BCUT2D eigenvalue weighted by Gasteiger charge is 2.26. The average molecular weight is 348 g/mol. The number of aromatic nitrogens is 2. The molecule has 0 unspecified atom stereocenters. The smallest absolute Gasteiger partial charge is 0.389 e. The summed E-state index contributed by atoms with van der Waals surface area (Å²) < 4.78 is 46.8. The third kappa shape index (κ3) is 6.09. The molecule has 0 aliphatic carbocycles. The van der Waals surface area contributed by atoms with Gasteiger partial charge >= 0.3 is 6.18 Å². The van der Waals surface area contributed by atoms with Gasteiger partial charge in [-0.2, -0.15) is 13.2 Å². The summed E-state index contributed by atoms with van der Waals surface area (Å²) in [5.74, 6) is 1.39. The molecule has 1 aromatic carbocycles. The fraction of sp³-hybridized carbons (Fsp3) is 0.400. The van der Waals surface area contributed by atoms with Crippen LogP contribution in [0, 0.1) is 13.3 Å². The fourth-order valence-corrected chi connectivity index (χ4v) is 2.04. The summed E-state index contributed by atoms with van der Waals surface area (Å²) in [5.41, 5.74) is 0.691. The number of rotatable bonds is 7. The lowest BCUT2D eigenvalue weighted by molar-refractivity contribution is -0.136. The zero-order valence-electron chi connectivity index (χ0n) is 12.4. The topological polar surface area (TPSA) is 48.2 Å². The van der Waals surface area contributed by atoms with E-state index in [2.05, 4.69) is 10.2 Å². The first-order valence-electron chi connectivity index (χ1n) is 6.95. The SMILES string of the molecule is Cc1nnc(C[CH]c2cc(OCCCC(F)(F)F)ccc2Cl)o1. The second-order valence-electron chi connectivity index (χ2n) is 4.87. The maximum absolute atomic E-state index is 12.1. The van der Waals surface area contributed by atoms with Gasteiger partial charge in [-0.25, -0.2) is 0 Å². The van der Waals surface area contributed by atoms with E-state index in [0.717, 1.165) is 0 Å². The fourth-order valence-electron chi connectivity index (χ4n) is 1.85. The lowest BCUT2D eigenvalue weighted by atomic mass is 10.1. The molecule has 1 heterocycles. The van der Waals surface area contributed by atoms with Crippen LogP contribution in [0.1, 0.15) is 30.2 Å². The highest BCUT2D eigenvalue weighted by molar-refractivity contribution is 6.31. The Morgan fingerprint density at radius 1 is 1.30 bits per heavy atom. The highest BCUT2D eigenvalue weighted by atomic mass is 35.5. The molecular formula is C15H15ClF3N2O2.